The zero-order valence-corrected chi connectivity index (χ0v) is 9.30. The minimum absolute atomic E-state index is 0. The molecule has 0 fully saturated rings. The van der Waals surface area contributed by atoms with Crippen LogP contribution in [0, 0.1) is 6.92 Å². The molecule has 2 N–H and O–H groups in total. The highest BCUT2D eigenvalue weighted by Crippen LogP contribution is 2.29. The van der Waals surface area contributed by atoms with Gasteiger partial charge in [-0.25, -0.2) is 0 Å². The average molecular weight is 214 g/mol. The summed E-state index contributed by atoms with van der Waals surface area (Å²) >= 11 is 0. The van der Waals surface area contributed by atoms with Gasteiger partial charge in [-0.1, -0.05) is 18.2 Å². The van der Waals surface area contributed by atoms with Gasteiger partial charge in [0.05, 0.1) is 18.8 Å². The van der Waals surface area contributed by atoms with Crippen molar-refractivity contribution in [2.45, 2.75) is 32.6 Å². The van der Waals surface area contributed by atoms with Gasteiger partial charge in [0.25, 0.3) is 0 Å². The molecule has 0 bridgehead atoms. The molecular formula is C11H16ClNO. The van der Waals surface area contributed by atoms with E-state index in [-0.39, 0.29) is 24.6 Å². The second-order valence-corrected chi connectivity index (χ2v) is 3.68. The molecule has 0 saturated carbocycles. The van der Waals surface area contributed by atoms with Crippen LogP contribution in [-0.2, 0) is 11.3 Å². The first kappa shape index (κ1) is 11.5. The number of nitrogens with two attached hydrogens (primary N) is 1. The predicted octanol–water partition coefficient (Wildman–Crippen LogP) is 2.34. The number of aryl methyl sites for hydroxylation is 1. The molecule has 0 aromatic heterocycles. The van der Waals surface area contributed by atoms with E-state index in [1.165, 1.54) is 16.7 Å². The third-order valence-electron chi connectivity index (χ3n) is 2.80. The second-order valence-electron chi connectivity index (χ2n) is 3.68. The number of rotatable bonds is 0. The topological polar surface area (TPSA) is 35.2 Å². The Bertz CT molecular complexity index is 327. The van der Waals surface area contributed by atoms with E-state index < -0.39 is 0 Å². The van der Waals surface area contributed by atoms with Gasteiger partial charge in [0, 0.05) is 0 Å². The van der Waals surface area contributed by atoms with Crippen molar-refractivity contribution in [1.82, 2.24) is 0 Å². The standard InChI is InChI=1S/C11H15NO.ClH/c1-7-4-3-5-9-10(7)6-13-8(2)11(9)12;/h3-5,8,11H,6,12H2,1-2H3;1H/t8-,11-;/m1./s1. The monoisotopic (exact) mass is 213 g/mol. The van der Waals surface area contributed by atoms with Crippen LogP contribution in [0.15, 0.2) is 18.2 Å². The van der Waals surface area contributed by atoms with E-state index in [2.05, 4.69) is 25.1 Å². The molecule has 3 heteroatoms. The highest BCUT2D eigenvalue weighted by Gasteiger charge is 2.24. The summed E-state index contributed by atoms with van der Waals surface area (Å²) in [5, 5.41) is 0. The van der Waals surface area contributed by atoms with Gasteiger partial charge < -0.3 is 10.5 Å². The van der Waals surface area contributed by atoms with Crippen molar-refractivity contribution in [1.29, 1.82) is 0 Å². The number of benzene rings is 1. The summed E-state index contributed by atoms with van der Waals surface area (Å²) in [6.07, 6.45) is 0.134. The fraction of sp³-hybridized carbons (Fsp3) is 0.455. The Morgan fingerprint density at radius 1 is 1.43 bits per heavy atom. The van der Waals surface area contributed by atoms with E-state index in [1.807, 2.05) is 6.92 Å². The fourth-order valence-corrected chi connectivity index (χ4v) is 1.81. The van der Waals surface area contributed by atoms with E-state index in [0.29, 0.717) is 6.61 Å². The zero-order valence-electron chi connectivity index (χ0n) is 8.49. The van der Waals surface area contributed by atoms with Gasteiger partial charge in [-0.05, 0) is 30.5 Å². The summed E-state index contributed by atoms with van der Waals surface area (Å²) in [4.78, 5) is 0. The molecule has 2 rings (SSSR count). The van der Waals surface area contributed by atoms with Crippen LogP contribution in [0.4, 0.5) is 0 Å². The van der Waals surface area contributed by atoms with Crippen LogP contribution >= 0.6 is 12.4 Å². The van der Waals surface area contributed by atoms with Crippen molar-refractivity contribution in [3.8, 4) is 0 Å². The minimum atomic E-state index is 0. The maximum absolute atomic E-state index is 6.03. The maximum Gasteiger partial charge on any atom is 0.0744 e. The Kier molecular flexibility index (Phi) is 3.53. The lowest BCUT2D eigenvalue weighted by atomic mass is 9.92. The van der Waals surface area contributed by atoms with Crippen molar-refractivity contribution in [3.63, 3.8) is 0 Å². The van der Waals surface area contributed by atoms with E-state index in [0.717, 1.165) is 0 Å². The number of ether oxygens (including phenoxy) is 1. The highest BCUT2D eigenvalue weighted by molar-refractivity contribution is 5.85. The maximum atomic E-state index is 6.03. The molecule has 0 spiro atoms. The van der Waals surface area contributed by atoms with Gasteiger partial charge >= 0.3 is 0 Å². The molecule has 1 aromatic carbocycles. The lowest BCUT2D eigenvalue weighted by molar-refractivity contribution is 0.0210. The first-order chi connectivity index (χ1) is 6.20. The lowest BCUT2D eigenvalue weighted by Gasteiger charge is -2.29. The largest absolute Gasteiger partial charge is 0.372 e. The number of halogens is 1. The molecule has 0 saturated heterocycles. The Labute approximate surface area is 90.9 Å². The van der Waals surface area contributed by atoms with Gasteiger partial charge in [0.15, 0.2) is 0 Å². The summed E-state index contributed by atoms with van der Waals surface area (Å²) < 4.78 is 5.57. The quantitative estimate of drug-likeness (QED) is 0.718. The number of hydrogen-bond donors (Lipinski definition) is 1. The molecule has 0 aliphatic carbocycles. The molecule has 0 amide bonds. The first-order valence-electron chi connectivity index (χ1n) is 4.65. The van der Waals surface area contributed by atoms with E-state index in [4.69, 9.17) is 10.5 Å². The molecule has 1 aromatic rings. The normalized spacial score (nSPS) is 25.1. The molecule has 1 aliphatic heterocycles. The highest BCUT2D eigenvalue weighted by atomic mass is 35.5. The van der Waals surface area contributed by atoms with Crippen molar-refractivity contribution in [3.05, 3.63) is 34.9 Å². The summed E-state index contributed by atoms with van der Waals surface area (Å²) in [7, 11) is 0. The molecule has 14 heavy (non-hydrogen) atoms. The van der Waals surface area contributed by atoms with Crippen molar-refractivity contribution in [2.75, 3.05) is 0 Å². The number of fused-ring (bicyclic) bond motifs is 1. The van der Waals surface area contributed by atoms with Crippen LogP contribution in [0.5, 0.6) is 0 Å². The summed E-state index contributed by atoms with van der Waals surface area (Å²) in [5.41, 5.74) is 9.83. The van der Waals surface area contributed by atoms with Crippen LogP contribution in [0.3, 0.4) is 0 Å². The zero-order chi connectivity index (χ0) is 9.42. The Morgan fingerprint density at radius 2 is 2.14 bits per heavy atom. The van der Waals surface area contributed by atoms with Crippen LogP contribution in [-0.4, -0.2) is 6.10 Å². The third-order valence-corrected chi connectivity index (χ3v) is 2.80. The minimum Gasteiger partial charge on any atom is -0.372 e. The van der Waals surface area contributed by atoms with Gasteiger partial charge in [0.1, 0.15) is 0 Å². The van der Waals surface area contributed by atoms with Gasteiger partial charge in [0.2, 0.25) is 0 Å². The molecule has 2 nitrogen and oxygen atoms in total. The summed E-state index contributed by atoms with van der Waals surface area (Å²) in [6.45, 7) is 4.83. The molecule has 2 atom stereocenters. The molecule has 1 heterocycles. The van der Waals surface area contributed by atoms with Crippen LogP contribution in [0.2, 0.25) is 0 Å². The SMILES string of the molecule is Cc1cccc2c1CO[C@H](C)[C@H]2N.Cl. The third kappa shape index (κ3) is 1.78. The second kappa shape index (κ2) is 4.30. The Balaban J connectivity index is 0.000000980. The van der Waals surface area contributed by atoms with Crippen molar-refractivity contribution < 1.29 is 4.74 Å². The number of hydrogen-bond acceptors (Lipinski definition) is 2. The smallest absolute Gasteiger partial charge is 0.0744 e. The molecule has 1 aliphatic rings. The first-order valence-corrected chi connectivity index (χ1v) is 4.65. The lowest BCUT2D eigenvalue weighted by Crippen LogP contribution is -2.31. The molecule has 0 unspecified atom stereocenters. The Morgan fingerprint density at radius 3 is 2.86 bits per heavy atom. The van der Waals surface area contributed by atoms with Crippen molar-refractivity contribution >= 4 is 12.4 Å². The summed E-state index contributed by atoms with van der Waals surface area (Å²) in [6, 6.07) is 6.30. The van der Waals surface area contributed by atoms with Crippen LogP contribution in [0.25, 0.3) is 0 Å². The predicted molar refractivity (Wildman–Crippen MR) is 59.6 cm³/mol. The van der Waals surface area contributed by atoms with E-state index in [9.17, 15) is 0 Å². The van der Waals surface area contributed by atoms with Crippen LogP contribution < -0.4 is 5.73 Å². The molecular weight excluding hydrogens is 198 g/mol. The van der Waals surface area contributed by atoms with Crippen LogP contribution in [0.1, 0.15) is 29.7 Å². The average Bonchev–Trinajstić information content (AvgIpc) is 2.12. The Hall–Kier alpha value is -0.570. The summed E-state index contributed by atoms with van der Waals surface area (Å²) in [5.74, 6) is 0. The van der Waals surface area contributed by atoms with Gasteiger partial charge in [-0.3, -0.25) is 0 Å². The molecule has 0 radical (unpaired) electrons. The van der Waals surface area contributed by atoms with Crippen molar-refractivity contribution in [2.24, 2.45) is 5.73 Å². The van der Waals surface area contributed by atoms with Gasteiger partial charge in [-0.15, -0.1) is 12.4 Å². The molecule has 78 valence electrons. The van der Waals surface area contributed by atoms with Gasteiger partial charge in [-0.2, -0.15) is 0 Å². The van der Waals surface area contributed by atoms with E-state index in [1.54, 1.807) is 0 Å². The fourth-order valence-electron chi connectivity index (χ4n) is 1.81. The van der Waals surface area contributed by atoms with E-state index >= 15 is 0 Å².